The van der Waals surface area contributed by atoms with Gasteiger partial charge in [0.2, 0.25) is 0 Å². The second-order valence-corrected chi connectivity index (χ2v) is 6.11. The zero-order chi connectivity index (χ0) is 15.6. The number of carbonyl (C=O) groups excluding carboxylic acids is 1. The van der Waals surface area contributed by atoms with Crippen LogP contribution in [0.15, 0.2) is 36.7 Å². The number of piperazine rings is 1. The average molecular weight is 309 g/mol. The van der Waals surface area contributed by atoms with Crippen LogP contribution in [-0.4, -0.2) is 52.2 Å². The average Bonchev–Trinajstić information content (AvgIpc) is 3.47. The molecule has 1 saturated carbocycles. The topological polar surface area (TPSA) is 62.2 Å². The summed E-state index contributed by atoms with van der Waals surface area (Å²) in [5.74, 6) is 1.58. The molecule has 6 nitrogen and oxygen atoms in total. The van der Waals surface area contributed by atoms with Crippen molar-refractivity contribution in [3.05, 3.63) is 47.9 Å². The van der Waals surface area contributed by atoms with E-state index in [2.05, 4.69) is 32.2 Å². The Bertz CT molecular complexity index is 676. The summed E-state index contributed by atoms with van der Waals surface area (Å²) >= 11 is 0. The molecule has 1 saturated heterocycles. The molecule has 6 heteroatoms. The highest BCUT2D eigenvalue weighted by atomic mass is 16.2. The third kappa shape index (κ3) is 3.02. The standard InChI is InChI=1S/C17H19N5O/c23-17(14-2-1-7-18-12-14)22-10-8-21(9-11-22)16-6-5-15(19-20-16)13-3-4-13/h1-2,5-7,12-13H,3-4,8-11H2. The van der Waals surface area contributed by atoms with Crippen LogP contribution in [0.5, 0.6) is 0 Å². The number of pyridine rings is 1. The fraction of sp³-hybridized carbons (Fsp3) is 0.412. The van der Waals surface area contributed by atoms with Crippen molar-refractivity contribution in [1.29, 1.82) is 0 Å². The van der Waals surface area contributed by atoms with Gasteiger partial charge in [0.1, 0.15) is 0 Å². The van der Waals surface area contributed by atoms with Gasteiger partial charge < -0.3 is 9.80 Å². The summed E-state index contributed by atoms with van der Waals surface area (Å²) < 4.78 is 0. The molecule has 0 spiro atoms. The van der Waals surface area contributed by atoms with Crippen LogP contribution in [0.25, 0.3) is 0 Å². The van der Waals surface area contributed by atoms with E-state index in [4.69, 9.17) is 0 Å². The van der Waals surface area contributed by atoms with Crippen molar-refractivity contribution >= 4 is 11.7 Å². The Hall–Kier alpha value is -2.50. The van der Waals surface area contributed by atoms with Crippen molar-refractivity contribution in [3.8, 4) is 0 Å². The van der Waals surface area contributed by atoms with Crippen LogP contribution < -0.4 is 4.90 Å². The Labute approximate surface area is 135 Å². The second kappa shape index (κ2) is 5.95. The number of nitrogens with zero attached hydrogens (tertiary/aromatic N) is 5. The minimum absolute atomic E-state index is 0.0490. The van der Waals surface area contributed by atoms with Gasteiger partial charge in [-0.1, -0.05) is 0 Å². The molecule has 1 aliphatic heterocycles. The fourth-order valence-corrected chi connectivity index (χ4v) is 2.91. The summed E-state index contributed by atoms with van der Waals surface area (Å²) in [4.78, 5) is 20.5. The molecule has 1 amide bonds. The molecule has 118 valence electrons. The molecule has 0 unspecified atom stereocenters. The van der Waals surface area contributed by atoms with Crippen LogP contribution >= 0.6 is 0 Å². The van der Waals surface area contributed by atoms with Gasteiger partial charge in [-0.05, 0) is 37.1 Å². The highest BCUT2D eigenvalue weighted by Gasteiger charge is 2.26. The van der Waals surface area contributed by atoms with E-state index in [9.17, 15) is 4.79 Å². The normalized spacial score (nSPS) is 18.1. The summed E-state index contributed by atoms with van der Waals surface area (Å²) in [5.41, 5.74) is 1.76. The van der Waals surface area contributed by atoms with Gasteiger partial charge in [0.05, 0.1) is 11.3 Å². The lowest BCUT2D eigenvalue weighted by atomic mass is 10.2. The molecule has 23 heavy (non-hydrogen) atoms. The Morgan fingerprint density at radius 2 is 1.87 bits per heavy atom. The third-order valence-electron chi connectivity index (χ3n) is 4.47. The first-order valence-electron chi connectivity index (χ1n) is 8.09. The van der Waals surface area contributed by atoms with Gasteiger partial charge >= 0.3 is 0 Å². The number of aromatic nitrogens is 3. The van der Waals surface area contributed by atoms with E-state index in [0.29, 0.717) is 24.6 Å². The van der Waals surface area contributed by atoms with Crippen molar-refractivity contribution in [2.75, 3.05) is 31.1 Å². The molecule has 4 rings (SSSR count). The highest BCUT2D eigenvalue weighted by Crippen LogP contribution is 2.38. The third-order valence-corrected chi connectivity index (χ3v) is 4.47. The van der Waals surface area contributed by atoms with Crippen LogP contribution in [0.2, 0.25) is 0 Å². The van der Waals surface area contributed by atoms with E-state index in [0.717, 1.165) is 24.6 Å². The zero-order valence-electron chi connectivity index (χ0n) is 12.9. The molecule has 2 aliphatic rings. The molecular weight excluding hydrogens is 290 g/mol. The van der Waals surface area contributed by atoms with Crippen LogP contribution in [0.3, 0.4) is 0 Å². The van der Waals surface area contributed by atoms with Crippen molar-refractivity contribution in [2.24, 2.45) is 0 Å². The molecule has 3 heterocycles. The van der Waals surface area contributed by atoms with Crippen molar-refractivity contribution in [3.63, 3.8) is 0 Å². The molecule has 2 aromatic heterocycles. The minimum atomic E-state index is 0.0490. The highest BCUT2D eigenvalue weighted by molar-refractivity contribution is 5.94. The predicted octanol–water partition coefficient (Wildman–Crippen LogP) is 1.71. The lowest BCUT2D eigenvalue weighted by Gasteiger charge is -2.35. The first kappa shape index (κ1) is 14.1. The van der Waals surface area contributed by atoms with E-state index >= 15 is 0 Å². The molecule has 0 atom stereocenters. The maximum absolute atomic E-state index is 12.4. The van der Waals surface area contributed by atoms with Gasteiger partial charge in [-0.15, -0.1) is 5.10 Å². The summed E-state index contributed by atoms with van der Waals surface area (Å²) in [6.07, 6.45) is 5.78. The summed E-state index contributed by atoms with van der Waals surface area (Å²) in [7, 11) is 0. The maximum Gasteiger partial charge on any atom is 0.255 e. The molecule has 0 aromatic carbocycles. The number of rotatable bonds is 3. The van der Waals surface area contributed by atoms with Crippen molar-refractivity contribution in [1.82, 2.24) is 20.1 Å². The van der Waals surface area contributed by atoms with Gasteiger partial charge in [-0.25, -0.2) is 0 Å². The largest absolute Gasteiger partial charge is 0.352 e. The van der Waals surface area contributed by atoms with E-state index in [1.54, 1.807) is 18.5 Å². The lowest BCUT2D eigenvalue weighted by Crippen LogP contribution is -2.49. The van der Waals surface area contributed by atoms with Crippen LogP contribution in [0.1, 0.15) is 34.8 Å². The van der Waals surface area contributed by atoms with Gasteiger partial charge in [-0.3, -0.25) is 9.78 Å². The van der Waals surface area contributed by atoms with E-state index < -0.39 is 0 Å². The first-order chi connectivity index (χ1) is 11.3. The van der Waals surface area contributed by atoms with Crippen LogP contribution in [0, 0.1) is 0 Å². The Kier molecular flexibility index (Phi) is 3.65. The molecule has 0 bridgehead atoms. The first-order valence-corrected chi connectivity index (χ1v) is 8.09. The molecular formula is C17H19N5O. The summed E-state index contributed by atoms with van der Waals surface area (Å²) in [6, 6.07) is 7.75. The monoisotopic (exact) mass is 309 g/mol. The molecule has 0 N–H and O–H groups in total. The predicted molar refractivity (Wildman–Crippen MR) is 86.4 cm³/mol. The summed E-state index contributed by atoms with van der Waals surface area (Å²) in [6.45, 7) is 2.95. The van der Waals surface area contributed by atoms with Gasteiger partial charge in [0, 0.05) is 44.5 Å². The minimum Gasteiger partial charge on any atom is -0.352 e. The fourth-order valence-electron chi connectivity index (χ4n) is 2.91. The number of carbonyl (C=O) groups is 1. The number of anilines is 1. The Morgan fingerprint density at radius 1 is 1.04 bits per heavy atom. The van der Waals surface area contributed by atoms with Crippen molar-refractivity contribution < 1.29 is 4.79 Å². The lowest BCUT2D eigenvalue weighted by molar-refractivity contribution is 0.0746. The number of amides is 1. The van der Waals surface area contributed by atoms with Gasteiger partial charge in [0.15, 0.2) is 5.82 Å². The van der Waals surface area contributed by atoms with E-state index in [1.165, 1.54) is 12.8 Å². The maximum atomic E-state index is 12.4. The molecule has 2 fully saturated rings. The van der Waals surface area contributed by atoms with Crippen LogP contribution in [0.4, 0.5) is 5.82 Å². The molecule has 1 aliphatic carbocycles. The van der Waals surface area contributed by atoms with Crippen molar-refractivity contribution in [2.45, 2.75) is 18.8 Å². The molecule has 2 aromatic rings. The quantitative estimate of drug-likeness (QED) is 0.864. The Morgan fingerprint density at radius 3 is 2.48 bits per heavy atom. The molecule has 0 radical (unpaired) electrons. The Balaban J connectivity index is 1.37. The van der Waals surface area contributed by atoms with E-state index in [-0.39, 0.29) is 5.91 Å². The number of hydrogen-bond donors (Lipinski definition) is 0. The summed E-state index contributed by atoms with van der Waals surface area (Å²) in [5, 5.41) is 8.69. The van der Waals surface area contributed by atoms with E-state index in [1.807, 2.05) is 11.0 Å². The SMILES string of the molecule is O=C(c1cccnc1)N1CCN(c2ccc(C3CC3)nn2)CC1. The second-order valence-electron chi connectivity index (χ2n) is 6.11. The smallest absolute Gasteiger partial charge is 0.255 e. The zero-order valence-corrected chi connectivity index (χ0v) is 12.9. The number of hydrogen-bond acceptors (Lipinski definition) is 5. The van der Waals surface area contributed by atoms with Gasteiger partial charge in [-0.2, -0.15) is 5.10 Å². The van der Waals surface area contributed by atoms with Gasteiger partial charge in [0.25, 0.3) is 5.91 Å². The van der Waals surface area contributed by atoms with Crippen LogP contribution in [-0.2, 0) is 0 Å².